The topological polar surface area (TPSA) is 13.1 Å². The molecular weight excluding hydrogens is 897 g/mol. The highest BCUT2D eigenvalue weighted by Gasteiger charge is 2.27. The number of hydrogen-bond donors (Lipinski definition) is 0. The fraction of sp³-hybridized carbons (Fsp3) is 0. The Kier molecular flexibility index (Phi) is 8.27. The van der Waals surface area contributed by atoms with Crippen molar-refractivity contribution in [2.45, 2.75) is 0 Å². The molecule has 3 heterocycles. The summed E-state index contributed by atoms with van der Waals surface area (Å²) in [7, 11) is 0. The van der Waals surface area contributed by atoms with Gasteiger partial charge in [-0.15, -0.1) is 22.7 Å². The van der Waals surface area contributed by atoms with Crippen LogP contribution in [-0.2, 0) is 0 Å². The Morgan fingerprint density at radius 1 is 0.268 bits per heavy atom. The second kappa shape index (κ2) is 15.0. The van der Waals surface area contributed by atoms with Gasteiger partial charge >= 0.3 is 0 Å². The summed E-state index contributed by atoms with van der Waals surface area (Å²) < 4.78 is 12.0. The minimum Gasteiger partial charge on any atom is -0.455 e. The summed E-state index contributed by atoms with van der Waals surface area (Å²) in [6.07, 6.45) is 0. The molecule has 0 radical (unpaired) electrons. The van der Waals surface area contributed by atoms with Crippen LogP contribution in [0.2, 0.25) is 0 Å². The van der Waals surface area contributed by atoms with Gasteiger partial charge in [-0.25, -0.2) is 0 Å². The van der Waals surface area contributed by atoms with E-state index in [-0.39, 0.29) is 0 Å². The van der Waals surface area contributed by atoms with Crippen LogP contribution in [-0.4, -0.2) is 0 Å². The molecule has 16 rings (SSSR count). The Bertz CT molecular complexity index is 4820. The number of hydrogen-bond acceptors (Lipinski definition) is 3. The molecule has 1 nitrogen and oxygen atoms in total. The third kappa shape index (κ3) is 5.50. The Hall–Kier alpha value is -8.60. The van der Waals surface area contributed by atoms with Crippen LogP contribution >= 0.6 is 22.7 Å². The third-order valence-corrected chi connectivity index (χ3v) is 17.6. The Labute approximate surface area is 415 Å². The number of thiophene rings is 2. The van der Waals surface area contributed by atoms with Crippen LogP contribution in [0, 0.1) is 0 Å². The van der Waals surface area contributed by atoms with Crippen molar-refractivity contribution < 1.29 is 4.42 Å². The lowest BCUT2D eigenvalue weighted by Gasteiger charge is -2.20. The number of fused-ring (bicyclic) bond motifs is 16. The molecule has 3 aromatic heterocycles. The Morgan fingerprint density at radius 3 is 1.14 bits per heavy atom. The first-order valence-electron chi connectivity index (χ1n) is 24.3. The highest BCUT2D eigenvalue weighted by Crippen LogP contribution is 2.55. The number of benzene rings is 13. The molecule has 13 aromatic carbocycles. The van der Waals surface area contributed by atoms with Gasteiger partial charge in [-0.1, -0.05) is 200 Å². The molecule has 0 spiro atoms. The molecule has 0 unspecified atom stereocenters. The smallest absolute Gasteiger partial charge is 0.143 e. The van der Waals surface area contributed by atoms with Crippen LogP contribution in [0.25, 0.3) is 161 Å². The normalized spacial score (nSPS) is 12.2. The summed E-state index contributed by atoms with van der Waals surface area (Å²) in [6, 6.07) is 85.5. The highest BCUT2D eigenvalue weighted by atomic mass is 32.1. The Balaban J connectivity index is 1.08. The van der Waals surface area contributed by atoms with E-state index in [4.69, 9.17) is 4.42 Å². The lowest BCUT2D eigenvalue weighted by molar-refractivity contribution is 0.670. The first kappa shape index (κ1) is 39.3. The molecule has 0 N–H and O–H groups in total. The van der Waals surface area contributed by atoms with Gasteiger partial charge in [0.15, 0.2) is 0 Å². The molecule has 328 valence electrons. The Morgan fingerprint density at radius 2 is 0.648 bits per heavy atom. The molecule has 0 aliphatic carbocycles. The van der Waals surface area contributed by atoms with Crippen LogP contribution in [0.3, 0.4) is 0 Å². The van der Waals surface area contributed by atoms with E-state index in [1.54, 1.807) is 0 Å². The summed E-state index contributed by atoms with van der Waals surface area (Å²) in [5.41, 5.74) is 11.7. The average molecular weight is 935 g/mol. The maximum absolute atomic E-state index is 6.78. The second-order valence-electron chi connectivity index (χ2n) is 18.9. The standard InChI is InChI=1S/C68H38OS2/c1-2-19-39(20-3-1)59-42-22-4-6-24-44(42)62(45-25-7-5-23-43(45)59)54-37-40-38-55(68-65(52-31-14-17-36-58(52)71-68)60(40)64-51-30-13-16-35-57(51)70-67(54)64)63-48-28-10-8-26-46(48)61(47-27-9-11-29-49(47)63)53-33-18-32-50-41-21-12-15-34-56(41)69-66(50)53/h1-38H. The van der Waals surface area contributed by atoms with Crippen LogP contribution in [0.5, 0.6) is 0 Å². The van der Waals surface area contributed by atoms with Gasteiger partial charge < -0.3 is 4.42 Å². The minimum atomic E-state index is 0.906. The minimum absolute atomic E-state index is 0.906. The predicted molar refractivity (Wildman–Crippen MR) is 309 cm³/mol. The van der Waals surface area contributed by atoms with Gasteiger partial charge in [0.25, 0.3) is 0 Å². The van der Waals surface area contributed by atoms with Crippen LogP contribution in [0.15, 0.2) is 235 Å². The van der Waals surface area contributed by atoms with E-state index in [1.807, 2.05) is 22.7 Å². The van der Waals surface area contributed by atoms with Crippen molar-refractivity contribution in [1.82, 2.24) is 0 Å². The van der Waals surface area contributed by atoms with E-state index in [9.17, 15) is 0 Å². The molecule has 0 aliphatic heterocycles. The predicted octanol–water partition coefficient (Wildman–Crippen LogP) is 20.8. The summed E-state index contributed by atoms with van der Waals surface area (Å²) in [5, 5.41) is 20.0. The zero-order valence-electron chi connectivity index (χ0n) is 38.2. The summed E-state index contributed by atoms with van der Waals surface area (Å²) in [4.78, 5) is 0. The number of rotatable bonds is 4. The van der Waals surface area contributed by atoms with E-state index < -0.39 is 0 Å². The molecule has 3 heteroatoms. The first-order valence-corrected chi connectivity index (χ1v) is 26.0. The lowest BCUT2D eigenvalue weighted by atomic mass is 9.83. The lowest BCUT2D eigenvalue weighted by Crippen LogP contribution is -1.93. The summed E-state index contributed by atoms with van der Waals surface area (Å²) >= 11 is 3.86. The molecule has 0 saturated carbocycles. The van der Waals surface area contributed by atoms with E-state index in [0.29, 0.717) is 0 Å². The SMILES string of the molecule is c1ccc(-c2c3ccccc3c(-c3cc4cc(-c5c6ccccc6c(-c6cccc7c6oc6ccccc67)c6ccccc56)c5sc6ccccc6c5c4c4c3sc3ccccc34)c3ccccc23)cc1. The van der Waals surface area contributed by atoms with Gasteiger partial charge in [-0.2, -0.15) is 0 Å². The summed E-state index contributed by atoms with van der Waals surface area (Å²) in [6.45, 7) is 0. The molecular formula is C68H38OS2. The van der Waals surface area contributed by atoms with Gasteiger partial charge in [0.2, 0.25) is 0 Å². The van der Waals surface area contributed by atoms with Gasteiger partial charge in [-0.05, 0) is 101 Å². The monoisotopic (exact) mass is 934 g/mol. The van der Waals surface area contributed by atoms with Crippen molar-refractivity contribution in [1.29, 1.82) is 0 Å². The highest BCUT2D eigenvalue weighted by molar-refractivity contribution is 7.27. The summed E-state index contributed by atoms with van der Waals surface area (Å²) in [5.74, 6) is 0. The van der Waals surface area contributed by atoms with Crippen molar-refractivity contribution in [3.63, 3.8) is 0 Å². The molecule has 0 amide bonds. The molecule has 0 fully saturated rings. The maximum Gasteiger partial charge on any atom is 0.143 e. The molecule has 16 aromatic rings. The van der Waals surface area contributed by atoms with Crippen molar-refractivity contribution in [3.8, 4) is 44.5 Å². The van der Waals surface area contributed by atoms with Gasteiger partial charge in [0, 0.05) is 78.8 Å². The zero-order valence-corrected chi connectivity index (χ0v) is 39.8. The maximum atomic E-state index is 6.78. The first-order chi connectivity index (χ1) is 35.3. The molecule has 71 heavy (non-hydrogen) atoms. The average Bonchev–Trinajstić information content (AvgIpc) is 4.14. The van der Waals surface area contributed by atoms with Crippen molar-refractivity contribution in [2.75, 3.05) is 0 Å². The van der Waals surface area contributed by atoms with E-state index >= 15 is 0 Å². The third-order valence-electron chi connectivity index (χ3n) is 15.2. The van der Waals surface area contributed by atoms with E-state index in [0.717, 1.165) is 27.5 Å². The van der Waals surface area contributed by atoms with Crippen molar-refractivity contribution in [2.24, 2.45) is 0 Å². The van der Waals surface area contributed by atoms with E-state index in [2.05, 4.69) is 231 Å². The van der Waals surface area contributed by atoms with Gasteiger partial charge in [-0.3, -0.25) is 0 Å². The fourth-order valence-corrected chi connectivity index (χ4v) is 14.8. The molecule has 0 bridgehead atoms. The van der Waals surface area contributed by atoms with Crippen LogP contribution in [0.1, 0.15) is 0 Å². The van der Waals surface area contributed by atoms with Crippen molar-refractivity contribution in [3.05, 3.63) is 231 Å². The fourth-order valence-electron chi connectivity index (χ4n) is 12.4. The largest absolute Gasteiger partial charge is 0.455 e. The molecule has 0 saturated heterocycles. The number of para-hydroxylation sites is 2. The van der Waals surface area contributed by atoms with Crippen LogP contribution in [0.4, 0.5) is 0 Å². The number of furan rings is 1. The molecule has 0 aliphatic rings. The van der Waals surface area contributed by atoms with Gasteiger partial charge in [0.1, 0.15) is 11.2 Å². The van der Waals surface area contributed by atoms with Crippen LogP contribution < -0.4 is 0 Å². The van der Waals surface area contributed by atoms with Gasteiger partial charge in [0.05, 0.1) is 0 Å². The van der Waals surface area contributed by atoms with E-state index in [1.165, 1.54) is 133 Å². The quantitative estimate of drug-likeness (QED) is 0.160. The molecule has 0 atom stereocenters. The van der Waals surface area contributed by atoms with Crippen molar-refractivity contribution >= 4 is 139 Å². The zero-order chi connectivity index (χ0) is 46.3. The second-order valence-corrected chi connectivity index (χ2v) is 21.0.